The zero-order valence-corrected chi connectivity index (χ0v) is 16.2. The minimum Gasteiger partial charge on any atom is -0.465 e. The van der Waals surface area contributed by atoms with Crippen LogP contribution in [0.2, 0.25) is 5.02 Å². The van der Waals surface area contributed by atoms with E-state index in [9.17, 15) is 32.6 Å². The summed E-state index contributed by atoms with van der Waals surface area (Å²) in [7, 11) is 0. The maximum Gasteiger partial charge on any atom is 0.424 e. The standard InChI is InChI=1S/C18H16ClF5N2O4/c1-16(2,29)10-11(19)13(8-3-5-9(20)6-4-8)26-14(12(10)21)17(30,18(22,23)24)7-25-15(27)28/h3-6,25,29-30H,7H2,1-2H3,(H,27,28). The lowest BCUT2D eigenvalue weighted by molar-refractivity contribution is -0.266. The molecule has 30 heavy (non-hydrogen) atoms. The summed E-state index contributed by atoms with van der Waals surface area (Å²) >= 11 is 6.11. The normalized spacial score (nSPS) is 14.3. The van der Waals surface area contributed by atoms with Gasteiger partial charge in [0.25, 0.3) is 0 Å². The number of nitrogens with one attached hydrogen (secondary N) is 1. The number of pyridine rings is 1. The largest absolute Gasteiger partial charge is 0.465 e. The van der Waals surface area contributed by atoms with E-state index in [0.29, 0.717) is 0 Å². The van der Waals surface area contributed by atoms with E-state index >= 15 is 4.39 Å². The maximum atomic E-state index is 15.1. The van der Waals surface area contributed by atoms with Gasteiger partial charge >= 0.3 is 12.3 Å². The number of carboxylic acid groups (broad SMARTS) is 1. The summed E-state index contributed by atoms with van der Waals surface area (Å²) in [4.78, 5) is 14.2. The fraction of sp³-hybridized carbons (Fsp3) is 0.333. The van der Waals surface area contributed by atoms with Crippen LogP contribution >= 0.6 is 11.6 Å². The second-order valence-corrected chi connectivity index (χ2v) is 7.27. The van der Waals surface area contributed by atoms with Crippen molar-refractivity contribution in [3.63, 3.8) is 0 Å². The van der Waals surface area contributed by atoms with Crippen molar-refractivity contribution in [2.45, 2.75) is 31.2 Å². The molecule has 1 unspecified atom stereocenters. The molecule has 1 atom stereocenters. The van der Waals surface area contributed by atoms with Gasteiger partial charge in [0, 0.05) is 11.1 Å². The molecule has 0 radical (unpaired) electrons. The molecule has 12 heteroatoms. The molecular formula is C18H16ClF5N2O4. The van der Waals surface area contributed by atoms with Crippen molar-refractivity contribution in [3.8, 4) is 11.3 Å². The number of aliphatic hydroxyl groups is 2. The highest BCUT2D eigenvalue weighted by atomic mass is 35.5. The van der Waals surface area contributed by atoms with Crippen molar-refractivity contribution in [1.82, 2.24) is 10.3 Å². The van der Waals surface area contributed by atoms with Crippen LogP contribution in [0, 0.1) is 11.6 Å². The quantitative estimate of drug-likeness (QED) is 0.513. The Hall–Kier alpha value is -2.50. The van der Waals surface area contributed by atoms with Gasteiger partial charge in [-0.2, -0.15) is 13.2 Å². The maximum absolute atomic E-state index is 15.1. The Labute approximate surface area is 171 Å². The van der Waals surface area contributed by atoms with Crippen LogP contribution in [0.5, 0.6) is 0 Å². The Kier molecular flexibility index (Phi) is 6.32. The number of carbonyl (C=O) groups is 1. The SMILES string of the molecule is CC(C)(O)c1c(F)c(C(O)(CNC(=O)O)C(F)(F)F)nc(-c2ccc(F)cc2)c1Cl. The highest BCUT2D eigenvalue weighted by Crippen LogP contribution is 2.44. The molecule has 0 aliphatic carbocycles. The second-order valence-electron chi connectivity index (χ2n) is 6.89. The van der Waals surface area contributed by atoms with Crippen molar-refractivity contribution in [2.24, 2.45) is 0 Å². The molecule has 0 spiro atoms. The second kappa shape index (κ2) is 7.97. The van der Waals surface area contributed by atoms with Gasteiger partial charge in [-0.05, 0) is 38.1 Å². The highest BCUT2D eigenvalue weighted by molar-refractivity contribution is 6.34. The first kappa shape index (κ1) is 23.8. The predicted octanol–water partition coefficient (Wildman–Crippen LogP) is 3.93. The Morgan fingerprint density at radius 2 is 1.67 bits per heavy atom. The third kappa shape index (κ3) is 4.47. The van der Waals surface area contributed by atoms with E-state index in [1.807, 2.05) is 0 Å². The van der Waals surface area contributed by atoms with Gasteiger partial charge in [0.1, 0.15) is 11.5 Å². The summed E-state index contributed by atoms with van der Waals surface area (Å²) in [6, 6.07) is 4.09. The van der Waals surface area contributed by atoms with Crippen LogP contribution in [0.1, 0.15) is 25.1 Å². The van der Waals surface area contributed by atoms with E-state index in [0.717, 1.165) is 38.1 Å². The Morgan fingerprint density at radius 3 is 2.10 bits per heavy atom. The van der Waals surface area contributed by atoms with Gasteiger partial charge in [-0.1, -0.05) is 11.6 Å². The molecule has 2 rings (SSSR count). The van der Waals surface area contributed by atoms with Crippen LogP contribution in [0.3, 0.4) is 0 Å². The van der Waals surface area contributed by atoms with Crippen molar-refractivity contribution < 1.29 is 42.1 Å². The van der Waals surface area contributed by atoms with E-state index in [-0.39, 0.29) is 5.56 Å². The molecule has 0 aliphatic heterocycles. The van der Waals surface area contributed by atoms with E-state index in [1.54, 1.807) is 0 Å². The van der Waals surface area contributed by atoms with Gasteiger partial charge < -0.3 is 20.6 Å². The van der Waals surface area contributed by atoms with Gasteiger partial charge in [-0.3, -0.25) is 0 Å². The first-order valence-corrected chi connectivity index (χ1v) is 8.61. The molecule has 0 saturated carbocycles. The van der Waals surface area contributed by atoms with Gasteiger partial charge in [0.15, 0.2) is 5.82 Å². The lowest BCUT2D eigenvalue weighted by Crippen LogP contribution is -2.52. The average Bonchev–Trinajstić information content (AvgIpc) is 2.58. The summed E-state index contributed by atoms with van der Waals surface area (Å²) < 4.78 is 69.5. The molecule has 2 aromatic rings. The van der Waals surface area contributed by atoms with Crippen LogP contribution in [0.25, 0.3) is 11.3 Å². The monoisotopic (exact) mass is 454 g/mol. The number of hydrogen-bond acceptors (Lipinski definition) is 4. The Bertz CT molecular complexity index is 961. The van der Waals surface area contributed by atoms with E-state index in [1.165, 1.54) is 5.32 Å². The summed E-state index contributed by atoms with van der Waals surface area (Å²) in [5, 5.41) is 30.0. The number of nitrogens with zero attached hydrogens (tertiary/aromatic N) is 1. The number of alkyl halides is 3. The highest BCUT2D eigenvalue weighted by Gasteiger charge is 2.58. The molecular weight excluding hydrogens is 439 g/mol. The zero-order valence-electron chi connectivity index (χ0n) is 15.5. The lowest BCUT2D eigenvalue weighted by Gasteiger charge is -2.32. The zero-order chi connectivity index (χ0) is 23.1. The van der Waals surface area contributed by atoms with Gasteiger partial charge in [-0.15, -0.1) is 0 Å². The first-order chi connectivity index (χ1) is 13.6. The fourth-order valence-electron chi connectivity index (χ4n) is 2.68. The van der Waals surface area contributed by atoms with Gasteiger partial charge in [0.05, 0.1) is 22.9 Å². The van der Waals surface area contributed by atoms with Crippen molar-refractivity contribution in [2.75, 3.05) is 6.54 Å². The summed E-state index contributed by atoms with van der Waals surface area (Å²) in [5.41, 5.74) is -9.17. The summed E-state index contributed by atoms with van der Waals surface area (Å²) in [5.74, 6) is -2.46. The number of halogens is 6. The topological polar surface area (TPSA) is 103 Å². The average molecular weight is 455 g/mol. The van der Waals surface area contributed by atoms with Crippen LogP contribution < -0.4 is 5.32 Å². The summed E-state index contributed by atoms with van der Waals surface area (Å²) in [6.45, 7) is 0.390. The molecule has 0 bridgehead atoms. The molecule has 1 amide bonds. The minimum atomic E-state index is -5.58. The number of amides is 1. The molecule has 0 saturated heterocycles. The van der Waals surface area contributed by atoms with E-state index in [4.69, 9.17) is 16.7 Å². The molecule has 0 aliphatic rings. The van der Waals surface area contributed by atoms with E-state index < -0.39 is 63.6 Å². The molecule has 1 aromatic carbocycles. The van der Waals surface area contributed by atoms with Gasteiger partial charge in [0.2, 0.25) is 5.60 Å². The summed E-state index contributed by atoms with van der Waals surface area (Å²) in [6.07, 6.45) is -7.48. The van der Waals surface area contributed by atoms with Crippen LogP contribution in [-0.2, 0) is 11.2 Å². The predicted molar refractivity (Wildman–Crippen MR) is 95.8 cm³/mol. The molecule has 6 nitrogen and oxygen atoms in total. The molecule has 0 fully saturated rings. The van der Waals surface area contributed by atoms with Crippen LogP contribution in [0.4, 0.5) is 26.7 Å². The number of aromatic nitrogens is 1. The van der Waals surface area contributed by atoms with Crippen molar-refractivity contribution >= 4 is 17.7 Å². The van der Waals surface area contributed by atoms with Crippen LogP contribution in [0.15, 0.2) is 24.3 Å². The van der Waals surface area contributed by atoms with E-state index in [2.05, 4.69) is 4.98 Å². The molecule has 1 heterocycles. The minimum absolute atomic E-state index is 0.0381. The smallest absolute Gasteiger partial charge is 0.424 e. The Balaban J connectivity index is 2.91. The Morgan fingerprint density at radius 1 is 1.13 bits per heavy atom. The van der Waals surface area contributed by atoms with Gasteiger partial charge in [-0.25, -0.2) is 18.6 Å². The number of benzene rings is 1. The third-order valence-corrected chi connectivity index (χ3v) is 4.53. The molecule has 1 aromatic heterocycles. The molecule has 164 valence electrons. The third-order valence-electron chi connectivity index (χ3n) is 4.16. The molecule has 4 N–H and O–H groups in total. The number of hydrogen-bond donors (Lipinski definition) is 4. The van der Waals surface area contributed by atoms with Crippen molar-refractivity contribution in [3.05, 3.63) is 52.2 Å². The number of rotatable bonds is 5. The van der Waals surface area contributed by atoms with Crippen molar-refractivity contribution in [1.29, 1.82) is 0 Å². The fourth-order valence-corrected chi connectivity index (χ4v) is 3.14. The van der Waals surface area contributed by atoms with Crippen LogP contribution in [-0.4, -0.2) is 39.1 Å². The lowest BCUT2D eigenvalue weighted by atomic mass is 9.89. The first-order valence-electron chi connectivity index (χ1n) is 8.23.